The number of fused-ring (bicyclic) bond motifs is 2. The van der Waals surface area contributed by atoms with Crippen molar-refractivity contribution in [3.63, 3.8) is 0 Å². The van der Waals surface area contributed by atoms with Crippen LogP contribution in [-0.2, 0) is 0 Å². The van der Waals surface area contributed by atoms with E-state index in [0.717, 1.165) is 22.0 Å². The molecule has 0 aliphatic rings. The molecule has 0 bridgehead atoms. The number of aromatic carboxylic acids is 1. The van der Waals surface area contributed by atoms with Crippen LogP contribution in [0.2, 0.25) is 0 Å². The van der Waals surface area contributed by atoms with Gasteiger partial charge in [-0.2, -0.15) is 0 Å². The van der Waals surface area contributed by atoms with E-state index in [0.29, 0.717) is 16.9 Å². The van der Waals surface area contributed by atoms with E-state index in [-0.39, 0.29) is 40.5 Å². The minimum atomic E-state index is -1.35. The van der Waals surface area contributed by atoms with Crippen molar-refractivity contribution < 1.29 is 43.8 Å². The Balaban J connectivity index is 0.00000231. The fourth-order valence-corrected chi connectivity index (χ4v) is 4.04. The third-order valence-corrected chi connectivity index (χ3v) is 5.41. The minimum absolute atomic E-state index is 0. The van der Waals surface area contributed by atoms with Crippen molar-refractivity contribution in [1.29, 1.82) is 0 Å². The Morgan fingerprint density at radius 1 is 0.968 bits per heavy atom. The Morgan fingerprint density at radius 3 is 2.48 bits per heavy atom. The molecule has 5 aromatic rings. The zero-order valence-corrected chi connectivity index (χ0v) is 19.1. The van der Waals surface area contributed by atoms with Gasteiger partial charge in [0.15, 0.2) is 0 Å². The molecule has 0 fully saturated rings. The molecule has 31 heavy (non-hydrogen) atoms. The van der Waals surface area contributed by atoms with Crippen LogP contribution in [0, 0.1) is 12.7 Å². The van der Waals surface area contributed by atoms with Gasteiger partial charge in [0.25, 0.3) is 0 Å². The van der Waals surface area contributed by atoms with Crippen LogP contribution in [0.25, 0.3) is 38.8 Å². The number of hydrogen-bond donors (Lipinski definition) is 0. The third kappa shape index (κ3) is 3.55. The minimum Gasteiger partial charge on any atom is -0.545 e. The molecule has 0 radical (unpaired) electrons. The van der Waals surface area contributed by atoms with Gasteiger partial charge in [0.1, 0.15) is 11.6 Å². The summed E-state index contributed by atoms with van der Waals surface area (Å²) in [6.45, 7) is 1.67. The Bertz CT molecular complexity index is 1440. The molecule has 0 aliphatic carbocycles. The molecule has 0 aliphatic heterocycles. The summed E-state index contributed by atoms with van der Waals surface area (Å²) < 4.78 is 15.6. The summed E-state index contributed by atoms with van der Waals surface area (Å²) in [5.41, 5.74) is 3.85. The van der Waals surface area contributed by atoms with Crippen molar-refractivity contribution in [1.82, 2.24) is 9.55 Å². The van der Waals surface area contributed by atoms with Gasteiger partial charge in [-0.3, -0.25) is 0 Å². The number of carboxylic acid groups (broad SMARTS) is 1. The largest absolute Gasteiger partial charge is 1.00 e. The monoisotopic (exact) mass is 418 g/mol. The predicted molar refractivity (Wildman–Crippen MR) is 113 cm³/mol. The predicted octanol–water partition coefficient (Wildman–Crippen LogP) is 1.66. The molecule has 0 unspecified atom stereocenters. The summed E-state index contributed by atoms with van der Waals surface area (Å²) >= 11 is 0. The van der Waals surface area contributed by atoms with E-state index in [4.69, 9.17) is 0 Å². The smallest absolute Gasteiger partial charge is 0.545 e. The first-order valence-corrected chi connectivity index (χ1v) is 9.51. The van der Waals surface area contributed by atoms with Crippen LogP contribution >= 0.6 is 0 Å². The Labute approximate surface area is 200 Å². The van der Waals surface area contributed by atoms with Gasteiger partial charge in [0.05, 0.1) is 17.0 Å². The maximum Gasteiger partial charge on any atom is 1.00 e. The molecule has 4 nitrogen and oxygen atoms in total. The maximum atomic E-state index is 13.8. The number of nitrogens with zero attached hydrogens (tertiary/aromatic N) is 2. The number of carboxylic acids is 1. The summed E-state index contributed by atoms with van der Waals surface area (Å²) in [6, 6.07) is 22.0. The Morgan fingerprint density at radius 2 is 1.74 bits per heavy atom. The van der Waals surface area contributed by atoms with E-state index in [1.165, 1.54) is 18.2 Å². The standard InChI is InChI=1S/C25H17FN2O2.Na/c1-15-23(25(29)30)20-14-17(26)10-11-21(20)27-24(15)28-13-12-19-18(8-5-9-22(19)28)16-6-3-2-4-7-16;/h2-14H,1H3,(H,29,30);/q;+1/p-1. The number of rotatable bonds is 3. The number of pyridine rings is 1. The maximum absolute atomic E-state index is 13.8. The molecule has 2 heterocycles. The summed E-state index contributed by atoms with van der Waals surface area (Å²) in [6.07, 6.45) is 1.88. The number of hydrogen-bond acceptors (Lipinski definition) is 3. The Hall–Kier alpha value is -2.99. The van der Waals surface area contributed by atoms with Crippen LogP contribution in [0.15, 0.2) is 79.0 Å². The van der Waals surface area contributed by atoms with E-state index < -0.39 is 11.8 Å². The van der Waals surface area contributed by atoms with Gasteiger partial charge in [-0.15, -0.1) is 0 Å². The molecule has 0 atom stereocenters. The van der Waals surface area contributed by atoms with Crippen molar-refractivity contribution in [2.45, 2.75) is 6.92 Å². The molecular weight excluding hydrogens is 402 g/mol. The summed E-state index contributed by atoms with van der Waals surface area (Å²) in [5, 5.41) is 13.2. The van der Waals surface area contributed by atoms with E-state index in [2.05, 4.69) is 11.1 Å². The van der Waals surface area contributed by atoms with E-state index >= 15 is 0 Å². The first-order valence-electron chi connectivity index (χ1n) is 9.51. The zero-order chi connectivity index (χ0) is 20.8. The molecule has 146 valence electrons. The number of benzene rings is 3. The van der Waals surface area contributed by atoms with Gasteiger partial charge in [-0.1, -0.05) is 42.5 Å². The third-order valence-electron chi connectivity index (χ3n) is 5.41. The van der Waals surface area contributed by atoms with Gasteiger partial charge in [-0.05, 0) is 48.4 Å². The molecule has 2 aromatic heterocycles. The van der Waals surface area contributed by atoms with Crippen molar-refractivity contribution >= 4 is 27.8 Å². The number of carbonyl (C=O) groups excluding carboxylic acids is 1. The molecule has 0 N–H and O–H groups in total. The number of halogens is 1. The van der Waals surface area contributed by atoms with E-state index in [1.807, 2.05) is 59.3 Å². The fraction of sp³-hybridized carbons (Fsp3) is 0.0400. The molecular formula is C25H16FN2NaO2. The second-order valence-corrected chi connectivity index (χ2v) is 7.17. The van der Waals surface area contributed by atoms with Crippen molar-refractivity contribution in [3.8, 4) is 16.9 Å². The molecule has 5 rings (SSSR count). The number of carbonyl (C=O) groups is 1. The van der Waals surface area contributed by atoms with Crippen molar-refractivity contribution in [2.24, 2.45) is 0 Å². The molecule has 6 heteroatoms. The van der Waals surface area contributed by atoms with Crippen LogP contribution in [-0.4, -0.2) is 15.5 Å². The molecule has 0 saturated carbocycles. The molecule has 0 spiro atoms. The second-order valence-electron chi connectivity index (χ2n) is 7.17. The summed E-state index contributed by atoms with van der Waals surface area (Å²) in [4.78, 5) is 16.6. The SMILES string of the molecule is Cc1c(-n2ccc3c(-c4ccccc4)cccc32)nc2ccc(F)cc2c1C(=O)[O-].[Na+]. The normalized spacial score (nSPS) is 10.9. The van der Waals surface area contributed by atoms with E-state index in [9.17, 15) is 14.3 Å². The summed E-state index contributed by atoms with van der Waals surface area (Å²) in [5.74, 6) is -1.39. The van der Waals surface area contributed by atoms with Crippen LogP contribution in [0.5, 0.6) is 0 Å². The van der Waals surface area contributed by atoms with Crippen molar-refractivity contribution in [2.75, 3.05) is 0 Å². The van der Waals surface area contributed by atoms with Gasteiger partial charge in [0.2, 0.25) is 0 Å². The van der Waals surface area contributed by atoms with Gasteiger partial charge < -0.3 is 14.5 Å². The van der Waals surface area contributed by atoms with Crippen LogP contribution in [0.3, 0.4) is 0 Å². The average Bonchev–Trinajstić information content (AvgIpc) is 3.17. The second kappa shape index (κ2) is 8.27. The van der Waals surface area contributed by atoms with Gasteiger partial charge >= 0.3 is 29.6 Å². The molecule has 0 amide bonds. The average molecular weight is 418 g/mol. The van der Waals surface area contributed by atoms with Gasteiger partial charge in [-0.25, -0.2) is 9.37 Å². The van der Waals surface area contributed by atoms with Gasteiger partial charge in [0, 0.05) is 28.1 Å². The van der Waals surface area contributed by atoms with Crippen LogP contribution < -0.4 is 34.7 Å². The topological polar surface area (TPSA) is 58.0 Å². The van der Waals surface area contributed by atoms with Crippen LogP contribution in [0.4, 0.5) is 4.39 Å². The zero-order valence-electron chi connectivity index (χ0n) is 17.1. The fourth-order valence-electron chi connectivity index (χ4n) is 4.04. The molecule has 0 saturated heterocycles. The van der Waals surface area contributed by atoms with Crippen molar-refractivity contribution in [3.05, 3.63) is 95.9 Å². The summed E-state index contributed by atoms with van der Waals surface area (Å²) in [7, 11) is 0. The van der Waals surface area contributed by atoms with E-state index in [1.54, 1.807) is 6.92 Å². The first-order chi connectivity index (χ1) is 14.5. The quantitative estimate of drug-likeness (QED) is 0.419. The Kier molecular flexibility index (Phi) is 5.67. The molecule has 3 aromatic carbocycles. The number of aromatic nitrogens is 2. The van der Waals surface area contributed by atoms with Crippen LogP contribution in [0.1, 0.15) is 15.9 Å². The first kappa shape index (κ1) is 21.2.